The van der Waals surface area contributed by atoms with Crippen molar-refractivity contribution in [2.75, 3.05) is 5.73 Å². The third-order valence-electron chi connectivity index (χ3n) is 5.20. The zero-order valence-electron chi connectivity index (χ0n) is 20.3. The lowest BCUT2D eigenvalue weighted by atomic mass is 10.1. The molecule has 4 rings (SSSR count). The predicted octanol–water partition coefficient (Wildman–Crippen LogP) is 6.41. The molecule has 36 heavy (non-hydrogen) atoms. The van der Waals surface area contributed by atoms with Crippen LogP contribution in [0.1, 0.15) is 31.9 Å². The van der Waals surface area contributed by atoms with E-state index in [1.54, 1.807) is 57.2 Å². The van der Waals surface area contributed by atoms with Crippen molar-refractivity contribution in [1.82, 2.24) is 5.32 Å². The molecule has 0 aliphatic rings. The molecule has 4 aromatic rings. The molecule has 0 atom stereocenters. The largest absolute Gasteiger partial charge is 0.481 e. The molecule has 1 amide bonds. The van der Waals surface area contributed by atoms with Gasteiger partial charge in [-0.05, 0) is 84.2 Å². The van der Waals surface area contributed by atoms with Gasteiger partial charge in [0.25, 0.3) is 0 Å². The number of carbonyl (C=O) groups excluding carboxylic acids is 1. The van der Waals surface area contributed by atoms with Crippen LogP contribution in [-0.4, -0.2) is 11.7 Å². The fourth-order valence-electron chi connectivity index (χ4n) is 3.57. The van der Waals surface area contributed by atoms with E-state index in [0.717, 1.165) is 5.56 Å². The number of nitrogens with one attached hydrogen (secondary N) is 1. The number of nitrogen functional groups attached to an aromatic ring is 1. The van der Waals surface area contributed by atoms with Crippen molar-refractivity contribution in [2.45, 2.75) is 39.5 Å². The maximum atomic E-state index is 13.7. The van der Waals surface area contributed by atoms with Crippen LogP contribution < -0.4 is 21.2 Å². The SMILES string of the molecule is CC(C)(C)OC(=O)NCc1cc(Br)c2oc(-c3ccc(N)cc3)c(OCc3ccccc3)c(=O)c2c1. The standard InChI is InChI=1S/C28H27BrN2O5/c1-28(2,3)36-27(33)31-15-18-13-21-23(32)26(34-16-17-7-5-4-6-8-17)24(35-25(21)22(29)14-18)19-9-11-20(30)12-10-19/h4-14H,15-16,30H2,1-3H3,(H,31,33). The summed E-state index contributed by atoms with van der Waals surface area (Å²) in [5.41, 5.74) is 8.16. The summed E-state index contributed by atoms with van der Waals surface area (Å²) in [6.45, 7) is 5.74. The zero-order chi connectivity index (χ0) is 25.9. The van der Waals surface area contributed by atoms with Gasteiger partial charge < -0.3 is 24.9 Å². The summed E-state index contributed by atoms with van der Waals surface area (Å²) < 4.78 is 18.1. The number of fused-ring (bicyclic) bond motifs is 1. The molecule has 186 valence electrons. The summed E-state index contributed by atoms with van der Waals surface area (Å²) in [5, 5.41) is 3.04. The maximum absolute atomic E-state index is 13.7. The van der Waals surface area contributed by atoms with Crippen molar-refractivity contribution in [2.24, 2.45) is 0 Å². The Morgan fingerprint density at radius 3 is 2.39 bits per heavy atom. The molecular weight excluding hydrogens is 524 g/mol. The molecule has 0 aliphatic heterocycles. The summed E-state index contributed by atoms with van der Waals surface area (Å²) in [6, 6.07) is 20.1. The number of anilines is 1. The molecule has 0 fully saturated rings. The first-order valence-corrected chi connectivity index (χ1v) is 12.2. The van der Waals surface area contributed by atoms with E-state index < -0.39 is 11.7 Å². The number of rotatable bonds is 6. The first kappa shape index (κ1) is 25.3. The molecule has 0 radical (unpaired) electrons. The Labute approximate surface area is 217 Å². The first-order chi connectivity index (χ1) is 17.1. The van der Waals surface area contributed by atoms with Crippen LogP contribution in [0.25, 0.3) is 22.3 Å². The average molecular weight is 551 g/mol. The van der Waals surface area contributed by atoms with Gasteiger partial charge in [-0.2, -0.15) is 0 Å². The van der Waals surface area contributed by atoms with E-state index in [0.29, 0.717) is 38.0 Å². The van der Waals surface area contributed by atoms with Gasteiger partial charge in [-0.3, -0.25) is 4.79 Å². The van der Waals surface area contributed by atoms with E-state index in [4.69, 9.17) is 19.6 Å². The highest BCUT2D eigenvalue weighted by molar-refractivity contribution is 9.10. The Hall–Kier alpha value is -3.78. The van der Waals surface area contributed by atoms with Crippen molar-refractivity contribution < 1.29 is 18.7 Å². The van der Waals surface area contributed by atoms with Gasteiger partial charge in [-0.15, -0.1) is 0 Å². The van der Waals surface area contributed by atoms with E-state index in [-0.39, 0.29) is 24.3 Å². The number of hydrogen-bond acceptors (Lipinski definition) is 6. The second-order valence-electron chi connectivity index (χ2n) is 9.30. The highest BCUT2D eigenvalue weighted by atomic mass is 79.9. The molecule has 0 unspecified atom stereocenters. The molecule has 3 aromatic carbocycles. The maximum Gasteiger partial charge on any atom is 0.407 e. The minimum Gasteiger partial charge on any atom is -0.481 e. The smallest absolute Gasteiger partial charge is 0.407 e. The van der Waals surface area contributed by atoms with E-state index in [2.05, 4.69) is 21.2 Å². The molecule has 0 bridgehead atoms. The molecule has 0 saturated carbocycles. The summed E-state index contributed by atoms with van der Waals surface area (Å²) in [7, 11) is 0. The van der Waals surface area contributed by atoms with E-state index in [1.807, 2.05) is 30.3 Å². The number of alkyl carbamates (subject to hydrolysis) is 1. The van der Waals surface area contributed by atoms with Gasteiger partial charge in [0.05, 0.1) is 9.86 Å². The van der Waals surface area contributed by atoms with Crippen molar-refractivity contribution in [1.29, 1.82) is 0 Å². The highest BCUT2D eigenvalue weighted by Crippen LogP contribution is 2.35. The Morgan fingerprint density at radius 1 is 1.03 bits per heavy atom. The van der Waals surface area contributed by atoms with Crippen LogP contribution in [0.4, 0.5) is 10.5 Å². The quantitative estimate of drug-likeness (QED) is 0.269. The van der Waals surface area contributed by atoms with Gasteiger partial charge in [0.2, 0.25) is 11.2 Å². The van der Waals surface area contributed by atoms with E-state index in [9.17, 15) is 9.59 Å². The van der Waals surface area contributed by atoms with E-state index >= 15 is 0 Å². The fourth-order valence-corrected chi connectivity index (χ4v) is 4.16. The van der Waals surface area contributed by atoms with Crippen molar-refractivity contribution in [3.05, 3.63) is 92.6 Å². The predicted molar refractivity (Wildman–Crippen MR) is 144 cm³/mol. The van der Waals surface area contributed by atoms with Gasteiger partial charge in [-0.25, -0.2) is 4.79 Å². The van der Waals surface area contributed by atoms with Gasteiger partial charge in [-0.1, -0.05) is 30.3 Å². The highest BCUT2D eigenvalue weighted by Gasteiger charge is 2.21. The van der Waals surface area contributed by atoms with Crippen molar-refractivity contribution in [3.8, 4) is 17.1 Å². The number of carbonyl (C=O) groups is 1. The summed E-state index contributed by atoms with van der Waals surface area (Å²) in [4.78, 5) is 25.8. The second kappa shape index (κ2) is 10.5. The van der Waals surface area contributed by atoms with Gasteiger partial charge >= 0.3 is 6.09 Å². The Morgan fingerprint density at radius 2 is 1.72 bits per heavy atom. The molecule has 1 aromatic heterocycles. The van der Waals surface area contributed by atoms with Crippen molar-refractivity contribution >= 4 is 38.7 Å². The number of amides is 1. The van der Waals surface area contributed by atoms with Crippen LogP contribution >= 0.6 is 15.9 Å². The summed E-state index contributed by atoms with van der Waals surface area (Å²) >= 11 is 3.52. The van der Waals surface area contributed by atoms with E-state index in [1.165, 1.54) is 0 Å². The van der Waals surface area contributed by atoms with Crippen molar-refractivity contribution in [3.63, 3.8) is 0 Å². The van der Waals surface area contributed by atoms with Gasteiger partial charge in [0.1, 0.15) is 12.2 Å². The number of halogens is 1. The number of ether oxygens (including phenoxy) is 2. The summed E-state index contributed by atoms with van der Waals surface area (Å²) in [6.07, 6.45) is -0.545. The molecule has 0 saturated heterocycles. The Bertz CT molecular complexity index is 1440. The third-order valence-corrected chi connectivity index (χ3v) is 5.79. The topological polar surface area (TPSA) is 104 Å². The van der Waals surface area contributed by atoms with Crippen LogP contribution in [0, 0.1) is 0 Å². The summed E-state index contributed by atoms with van der Waals surface area (Å²) in [5.74, 6) is 0.407. The molecule has 7 nitrogen and oxygen atoms in total. The normalized spacial score (nSPS) is 11.3. The minimum atomic E-state index is -0.612. The second-order valence-corrected chi connectivity index (χ2v) is 10.1. The van der Waals surface area contributed by atoms with Gasteiger partial charge in [0.15, 0.2) is 11.3 Å². The molecular formula is C28H27BrN2O5. The van der Waals surface area contributed by atoms with Crippen LogP contribution in [0.5, 0.6) is 5.75 Å². The average Bonchev–Trinajstić information content (AvgIpc) is 2.83. The zero-order valence-corrected chi connectivity index (χ0v) is 21.8. The molecule has 3 N–H and O–H groups in total. The molecule has 1 heterocycles. The van der Waals surface area contributed by atoms with Crippen LogP contribution in [0.15, 0.2) is 80.4 Å². The monoisotopic (exact) mass is 550 g/mol. The first-order valence-electron chi connectivity index (χ1n) is 11.4. The fraction of sp³-hybridized carbons (Fsp3) is 0.214. The molecule has 8 heteroatoms. The minimum absolute atomic E-state index is 0.0975. The molecule has 0 spiro atoms. The lowest BCUT2D eigenvalue weighted by Gasteiger charge is -2.19. The Balaban J connectivity index is 1.75. The number of hydrogen-bond donors (Lipinski definition) is 2. The lowest BCUT2D eigenvalue weighted by Crippen LogP contribution is -2.32. The molecule has 0 aliphatic carbocycles. The lowest BCUT2D eigenvalue weighted by molar-refractivity contribution is 0.0523. The van der Waals surface area contributed by atoms with Crippen LogP contribution in [0.2, 0.25) is 0 Å². The van der Waals surface area contributed by atoms with Gasteiger partial charge in [0, 0.05) is 17.8 Å². The number of benzene rings is 3. The third kappa shape index (κ3) is 6.07. The van der Waals surface area contributed by atoms with Crippen LogP contribution in [-0.2, 0) is 17.9 Å². The Kier molecular flexibility index (Phi) is 7.35. The number of nitrogens with two attached hydrogens (primary N) is 1. The van der Waals surface area contributed by atoms with Crippen LogP contribution in [0.3, 0.4) is 0 Å².